The van der Waals surface area contributed by atoms with Crippen LogP contribution in [0.15, 0.2) is 0 Å². The number of hydrogen-bond acceptors (Lipinski definition) is 4. The number of piperazine rings is 1. The van der Waals surface area contributed by atoms with E-state index in [0.717, 1.165) is 25.7 Å². The summed E-state index contributed by atoms with van der Waals surface area (Å²) in [4.78, 5) is 4.94. The second-order valence-electron chi connectivity index (χ2n) is 6.35. The molecule has 2 aliphatic heterocycles. The van der Waals surface area contributed by atoms with Crippen LogP contribution < -0.4 is 5.32 Å². The highest BCUT2D eigenvalue weighted by molar-refractivity contribution is 4.77. The molecule has 2 aliphatic rings. The number of ether oxygens (including phenoxy) is 1. The minimum atomic E-state index is 0.685. The van der Waals surface area contributed by atoms with Crippen molar-refractivity contribution >= 4 is 0 Å². The summed E-state index contributed by atoms with van der Waals surface area (Å²) in [5.74, 6) is 0.898. The lowest BCUT2D eigenvalue weighted by atomic mass is 9.96. The van der Waals surface area contributed by atoms with Gasteiger partial charge in [-0.15, -0.1) is 0 Å². The topological polar surface area (TPSA) is 27.7 Å². The van der Waals surface area contributed by atoms with E-state index in [0.29, 0.717) is 6.04 Å². The van der Waals surface area contributed by atoms with E-state index in [1.165, 1.54) is 51.9 Å². The van der Waals surface area contributed by atoms with Crippen molar-refractivity contribution in [2.45, 2.75) is 31.7 Å². The van der Waals surface area contributed by atoms with Gasteiger partial charge in [0, 0.05) is 38.9 Å². The maximum Gasteiger partial charge on any atom is 0.0468 e. The highest BCUT2D eigenvalue weighted by atomic mass is 16.5. The molecule has 0 spiro atoms. The predicted octanol–water partition coefficient (Wildman–Crippen LogP) is 1.03. The van der Waals surface area contributed by atoms with Crippen LogP contribution >= 0.6 is 0 Å². The molecule has 0 aromatic carbocycles. The molecule has 0 bridgehead atoms. The molecule has 0 radical (unpaired) electrons. The first-order valence-electron chi connectivity index (χ1n) is 7.92. The first-order valence-corrected chi connectivity index (χ1v) is 7.92. The number of rotatable bonds is 6. The van der Waals surface area contributed by atoms with Crippen LogP contribution in [0.25, 0.3) is 0 Å². The second kappa shape index (κ2) is 8.20. The van der Waals surface area contributed by atoms with Crippen molar-refractivity contribution in [1.29, 1.82) is 0 Å². The highest BCUT2D eigenvalue weighted by Gasteiger charge is 2.17. The molecule has 0 saturated carbocycles. The van der Waals surface area contributed by atoms with Gasteiger partial charge in [0.05, 0.1) is 0 Å². The Bertz CT molecular complexity index is 244. The normalized spacial score (nSPS) is 27.0. The molecule has 4 heteroatoms. The third kappa shape index (κ3) is 5.78. The minimum absolute atomic E-state index is 0.685. The van der Waals surface area contributed by atoms with Crippen LogP contribution in [0.3, 0.4) is 0 Å². The fraction of sp³-hybridized carbons (Fsp3) is 1.00. The Kier molecular flexibility index (Phi) is 6.57. The van der Waals surface area contributed by atoms with E-state index < -0.39 is 0 Å². The fourth-order valence-electron chi connectivity index (χ4n) is 3.11. The van der Waals surface area contributed by atoms with Crippen molar-refractivity contribution in [3.63, 3.8) is 0 Å². The first kappa shape index (κ1) is 15.2. The molecule has 4 nitrogen and oxygen atoms in total. The van der Waals surface area contributed by atoms with E-state index in [4.69, 9.17) is 4.74 Å². The summed E-state index contributed by atoms with van der Waals surface area (Å²) >= 11 is 0. The van der Waals surface area contributed by atoms with E-state index in [1.807, 2.05) is 0 Å². The van der Waals surface area contributed by atoms with Gasteiger partial charge in [-0.05, 0) is 58.8 Å². The van der Waals surface area contributed by atoms with Gasteiger partial charge in [-0.2, -0.15) is 0 Å². The molecule has 0 aromatic heterocycles. The summed E-state index contributed by atoms with van der Waals surface area (Å²) < 4.78 is 5.42. The lowest BCUT2D eigenvalue weighted by Gasteiger charge is -2.32. The zero-order valence-electron chi connectivity index (χ0n) is 12.7. The van der Waals surface area contributed by atoms with Gasteiger partial charge >= 0.3 is 0 Å². The van der Waals surface area contributed by atoms with E-state index in [9.17, 15) is 0 Å². The lowest BCUT2D eigenvalue weighted by molar-refractivity contribution is 0.0608. The Labute approximate surface area is 118 Å². The van der Waals surface area contributed by atoms with Crippen molar-refractivity contribution in [2.75, 3.05) is 60.0 Å². The fourth-order valence-corrected chi connectivity index (χ4v) is 3.11. The van der Waals surface area contributed by atoms with E-state index in [-0.39, 0.29) is 0 Å². The summed E-state index contributed by atoms with van der Waals surface area (Å²) in [7, 11) is 4.49. The third-order valence-corrected chi connectivity index (χ3v) is 4.58. The monoisotopic (exact) mass is 269 g/mol. The zero-order chi connectivity index (χ0) is 13.5. The molecule has 2 rings (SSSR count). The Morgan fingerprint density at radius 2 is 1.95 bits per heavy atom. The second-order valence-corrected chi connectivity index (χ2v) is 6.35. The smallest absolute Gasteiger partial charge is 0.0468 e. The molecule has 2 heterocycles. The molecule has 0 aliphatic carbocycles. The Balaban J connectivity index is 1.54. The van der Waals surface area contributed by atoms with Crippen molar-refractivity contribution in [3.8, 4) is 0 Å². The van der Waals surface area contributed by atoms with Gasteiger partial charge in [-0.25, -0.2) is 0 Å². The van der Waals surface area contributed by atoms with Crippen LogP contribution in [0.2, 0.25) is 0 Å². The zero-order valence-corrected chi connectivity index (χ0v) is 12.7. The van der Waals surface area contributed by atoms with Crippen molar-refractivity contribution in [3.05, 3.63) is 0 Å². The van der Waals surface area contributed by atoms with Crippen LogP contribution in [0.5, 0.6) is 0 Å². The maximum atomic E-state index is 5.42. The average Bonchev–Trinajstić information content (AvgIpc) is 2.44. The standard InChI is InChI=1S/C15H31N3O/c1-17(8-3-14-5-11-19-12-6-14)9-4-15-13-18(2)10-7-16-15/h14-16H,3-13H2,1-2H3. The molecule has 1 unspecified atom stereocenters. The van der Waals surface area contributed by atoms with Gasteiger partial charge in [0.15, 0.2) is 0 Å². The van der Waals surface area contributed by atoms with Crippen LogP contribution in [0.4, 0.5) is 0 Å². The summed E-state index contributed by atoms with van der Waals surface area (Å²) in [6, 6.07) is 0.685. The van der Waals surface area contributed by atoms with E-state index >= 15 is 0 Å². The van der Waals surface area contributed by atoms with Gasteiger partial charge in [-0.1, -0.05) is 0 Å². The van der Waals surface area contributed by atoms with Gasteiger partial charge in [0.2, 0.25) is 0 Å². The van der Waals surface area contributed by atoms with Gasteiger partial charge in [-0.3, -0.25) is 0 Å². The van der Waals surface area contributed by atoms with Gasteiger partial charge in [0.1, 0.15) is 0 Å². The number of likely N-dealkylation sites (N-methyl/N-ethyl adjacent to an activating group) is 1. The van der Waals surface area contributed by atoms with E-state index in [1.54, 1.807) is 0 Å². The van der Waals surface area contributed by atoms with Gasteiger partial charge < -0.3 is 19.9 Å². The molecule has 19 heavy (non-hydrogen) atoms. The summed E-state index contributed by atoms with van der Waals surface area (Å²) in [5.41, 5.74) is 0. The van der Waals surface area contributed by atoms with Crippen LogP contribution in [-0.4, -0.2) is 75.9 Å². The van der Waals surface area contributed by atoms with Crippen LogP contribution in [0, 0.1) is 5.92 Å². The first-order chi connectivity index (χ1) is 9.24. The molecule has 1 atom stereocenters. The molecular formula is C15H31N3O. The number of nitrogens with one attached hydrogen (secondary N) is 1. The molecule has 0 amide bonds. The van der Waals surface area contributed by atoms with Crippen LogP contribution in [0.1, 0.15) is 25.7 Å². The SMILES string of the molecule is CN(CCC1CCOCC1)CCC1CN(C)CCN1. The quantitative estimate of drug-likeness (QED) is 0.779. The Hall–Kier alpha value is -0.160. The van der Waals surface area contributed by atoms with Crippen molar-refractivity contribution in [1.82, 2.24) is 15.1 Å². The number of hydrogen-bond donors (Lipinski definition) is 1. The van der Waals surface area contributed by atoms with Crippen molar-refractivity contribution in [2.24, 2.45) is 5.92 Å². The summed E-state index contributed by atoms with van der Waals surface area (Å²) in [6.45, 7) is 7.96. The largest absolute Gasteiger partial charge is 0.381 e. The van der Waals surface area contributed by atoms with Crippen molar-refractivity contribution < 1.29 is 4.74 Å². The van der Waals surface area contributed by atoms with Gasteiger partial charge in [0.25, 0.3) is 0 Å². The Morgan fingerprint density at radius 3 is 2.68 bits per heavy atom. The lowest BCUT2D eigenvalue weighted by Crippen LogP contribution is -2.49. The van der Waals surface area contributed by atoms with Crippen LogP contribution in [-0.2, 0) is 4.74 Å². The summed E-state index contributed by atoms with van der Waals surface area (Å²) in [5, 5.41) is 3.63. The average molecular weight is 269 g/mol. The molecule has 1 N–H and O–H groups in total. The minimum Gasteiger partial charge on any atom is -0.381 e. The molecular weight excluding hydrogens is 238 g/mol. The maximum absolute atomic E-state index is 5.42. The predicted molar refractivity (Wildman–Crippen MR) is 79.6 cm³/mol. The highest BCUT2D eigenvalue weighted by Crippen LogP contribution is 2.18. The molecule has 2 saturated heterocycles. The van der Waals surface area contributed by atoms with E-state index in [2.05, 4.69) is 29.2 Å². The summed E-state index contributed by atoms with van der Waals surface area (Å²) in [6.07, 6.45) is 5.15. The molecule has 2 fully saturated rings. The number of nitrogens with zero attached hydrogens (tertiary/aromatic N) is 2. The molecule has 0 aromatic rings. The third-order valence-electron chi connectivity index (χ3n) is 4.58. The Morgan fingerprint density at radius 1 is 1.21 bits per heavy atom. The molecule has 112 valence electrons.